The average Bonchev–Trinajstić information content (AvgIpc) is 3.13. The Morgan fingerprint density at radius 2 is 2.07 bits per heavy atom. The molecule has 4 rings (SSSR count). The van der Waals surface area contributed by atoms with Crippen LogP contribution in [0.4, 0.5) is 0 Å². The Hall–Kier alpha value is -3.83. The lowest BCUT2D eigenvalue weighted by atomic mass is 10.1. The molecule has 150 valence electrons. The molecule has 0 aliphatic heterocycles. The number of nitrogens with zero attached hydrogens (tertiary/aromatic N) is 3. The minimum atomic E-state index is -0.840. The van der Waals surface area contributed by atoms with E-state index >= 15 is 0 Å². The lowest BCUT2D eigenvalue weighted by Crippen LogP contribution is -2.33. The molecule has 30 heavy (non-hydrogen) atoms. The highest BCUT2D eigenvalue weighted by Gasteiger charge is 2.14. The molecule has 0 spiro atoms. The molecule has 0 amide bonds. The monoisotopic (exact) mass is 421 g/mol. The van der Waals surface area contributed by atoms with Crippen molar-refractivity contribution in [3.8, 4) is 23.3 Å². The maximum atomic E-state index is 12.1. The second kappa shape index (κ2) is 7.54. The number of benzene rings is 2. The topological polar surface area (TPSA) is 117 Å². The van der Waals surface area contributed by atoms with Gasteiger partial charge in [0.25, 0.3) is 5.56 Å². The minimum Gasteiger partial charge on any atom is -0.456 e. The number of aromatic amines is 2. The molecule has 2 heterocycles. The van der Waals surface area contributed by atoms with Gasteiger partial charge in [-0.15, -0.1) is 5.10 Å². The van der Waals surface area contributed by atoms with E-state index in [9.17, 15) is 9.59 Å². The number of rotatable bonds is 4. The molecule has 8 nitrogen and oxygen atoms in total. The Morgan fingerprint density at radius 3 is 2.77 bits per heavy atom. The fourth-order valence-corrected chi connectivity index (χ4v) is 3.54. The van der Waals surface area contributed by atoms with Crippen LogP contribution in [0.2, 0.25) is 5.02 Å². The van der Waals surface area contributed by atoms with Crippen LogP contribution in [0.25, 0.3) is 16.6 Å². The van der Waals surface area contributed by atoms with Crippen LogP contribution in [-0.4, -0.2) is 19.7 Å². The number of aromatic nitrogens is 4. The lowest BCUT2D eigenvalue weighted by Gasteiger charge is -2.13. The second-order valence-electron chi connectivity index (χ2n) is 6.68. The highest BCUT2D eigenvalue weighted by atomic mass is 35.5. The Bertz CT molecular complexity index is 1420. The molecule has 0 atom stereocenters. The van der Waals surface area contributed by atoms with E-state index in [1.807, 2.05) is 24.4 Å². The Morgan fingerprint density at radius 1 is 1.27 bits per heavy atom. The van der Waals surface area contributed by atoms with Gasteiger partial charge < -0.3 is 9.72 Å². The highest BCUT2D eigenvalue weighted by molar-refractivity contribution is 6.32. The smallest absolute Gasteiger partial charge is 0.349 e. The van der Waals surface area contributed by atoms with Crippen molar-refractivity contribution in [2.24, 2.45) is 0 Å². The van der Waals surface area contributed by atoms with E-state index in [0.717, 1.165) is 22.0 Å². The summed E-state index contributed by atoms with van der Waals surface area (Å²) in [6, 6.07) is 10.5. The first-order valence-electron chi connectivity index (χ1n) is 9.13. The Kier molecular flexibility index (Phi) is 4.90. The van der Waals surface area contributed by atoms with Crippen LogP contribution in [0.15, 0.2) is 46.1 Å². The van der Waals surface area contributed by atoms with Crippen LogP contribution >= 0.6 is 11.6 Å². The zero-order chi connectivity index (χ0) is 21.4. The number of nitrogens with one attached hydrogen (secondary N) is 2. The van der Waals surface area contributed by atoms with Crippen molar-refractivity contribution in [2.45, 2.75) is 20.3 Å². The molecule has 2 N–H and O–H groups in total. The summed E-state index contributed by atoms with van der Waals surface area (Å²) >= 11 is 6.44. The van der Waals surface area contributed by atoms with Gasteiger partial charge >= 0.3 is 5.69 Å². The van der Waals surface area contributed by atoms with Gasteiger partial charge in [0.1, 0.15) is 17.6 Å². The van der Waals surface area contributed by atoms with Gasteiger partial charge in [0, 0.05) is 17.1 Å². The number of hydrogen-bond donors (Lipinski definition) is 2. The molecule has 4 aromatic rings. The zero-order valence-corrected chi connectivity index (χ0v) is 16.9. The summed E-state index contributed by atoms with van der Waals surface area (Å²) in [5, 5.41) is 14.1. The molecule has 0 bridgehead atoms. The van der Waals surface area contributed by atoms with Crippen molar-refractivity contribution < 1.29 is 4.74 Å². The molecular weight excluding hydrogens is 406 g/mol. The predicted molar refractivity (Wildman–Crippen MR) is 113 cm³/mol. The number of H-pyrrole nitrogens is 2. The summed E-state index contributed by atoms with van der Waals surface area (Å²) in [7, 11) is 0. The Balaban J connectivity index is 1.75. The third-order valence-corrected chi connectivity index (χ3v) is 5.01. The van der Waals surface area contributed by atoms with Crippen LogP contribution < -0.4 is 16.0 Å². The van der Waals surface area contributed by atoms with Gasteiger partial charge in [0.05, 0.1) is 10.7 Å². The normalized spacial score (nSPS) is 10.9. The molecule has 2 aromatic heterocycles. The number of ether oxygens (including phenoxy) is 1. The summed E-state index contributed by atoms with van der Waals surface area (Å²) in [6.45, 7) is 3.86. The summed E-state index contributed by atoms with van der Waals surface area (Å²) in [6.07, 6.45) is 2.87. The van der Waals surface area contributed by atoms with Crippen molar-refractivity contribution in [3.05, 3.63) is 79.2 Å². The van der Waals surface area contributed by atoms with E-state index in [4.69, 9.17) is 21.6 Å². The van der Waals surface area contributed by atoms with Gasteiger partial charge in [-0.3, -0.25) is 9.78 Å². The van der Waals surface area contributed by atoms with Gasteiger partial charge in [-0.2, -0.15) is 9.94 Å². The van der Waals surface area contributed by atoms with Crippen molar-refractivity contribution in [3.63, 3.8) is 0 Å². The summed E-state index contributed by atoms with van der Waals surface area (Å²) in [4.78, 5) is 29.0. The first-order chi connectivity index (χ1) is 14.4. The molecule has 0 unspecified atom stereocenters. The molecule has 0 saturated carbocycles. The van der Waals surface area contributed by atoms with Crippen molar-refractivity contribution in [1.29, 1.82) is 5.26 Å². The van der Waals surface area contributed by atoms with E-state index in [1.54, 1.807) is 19.1 Å². The maximum Gasteiger partial charge on any atom is 0.349 e. The predicted octanol–water partition coefficient (Wildman–Crippen LogP) is 3.59. The van der Waals surface area contributed by atoms with Gasteiger partial charge in [0.2, 0.25) is 5.69 Å². The molecule has 0 aliphatic rings. The number of nitriles is 1. The molecular formula is C21H16ClN5O3. The van der Waals surface area contributed by atoms with Crippen LogP contribution in [0.1, 0.15) is 23.7 Å². The third-order valence-electron chi connectivity index (χ3n) is 4.73. The second-order valence-corrected chi connectivity index (χ2v) is 7.09. The first kappa shape index (κ1) is 19.5. The van der Waals surface area contributed by atoms with Crippen LogP contribution in [0, 0.1) is 18.3 Å². The fourth-order valence-electron chi connectivity index (χ4n) is 3.24. The van der Waals surface area contributed by atoms with Gasteiger partial charge in [-0.05, 0) is 54.8 Å². The molecule has 0 saturated heterocycles. The quantitative estimate of drug-likeness (QED) is 0.522. The molecule has 0 aliphatic carbocycles. The van der Waals surface area contributed by atoms with E-state index in [-0.39, 0.29) is 5.02 Å². The minimum absolute atomic E-state index is 0.258. The summed E-state index contributed by atoms with van der Waals surface area (Å²) in [5.74, 6) is 1.06. The lowest BCUT2D eigenvalue weighted by molar-refractivity contribution is 0.479. The van der Waals surface area contributed by atoms with Crippen LogP contribution in [0.5, 0.6) is 11.5 Å². The van der Waals surface area contributed by atoms with E-state index in [1.165, 1.54) is 11.6 Å². The van der Waals surface area contributed by atoms with Crippen LogP contribution in [-0.2, 0) is 6.42 Å². The molecule has 9 heteroatoms. The van der Waals surface area contributed by atoms with Crippen molar-refractivity contribution >= 4 is 22.5 Å². The average molecular weight is 422 g/mol. The fraction of sp³-hybridized carbons (Fsp3) is 0.143. The maximum absolute atomic E-state index is 12.1. The van der Waals surface area contributed by atoms with E-state index < -0.39 is 16.9 Å². The summed E-state index contributed by atoms with van der Waals surface area (Å²) < 4.78 is 6.96. The van der Waals surface area contributed by atoms with Gasteiger partial charge in [0.15, 0.2) is 0 Å². The number of fused-ring (bicyclic) bond motifs is 1. The molecule has 0 fully saturated rings. The standard InChI is InChI=1S/C21H16ClN5O3/c1-3-12-10-24-17-5-4-14(8-15(12)17)30-19-11(2)6-13(7-16(19)22)27-21(29)25-20(28)18(9-23)26-27/h4-8,10,24H,3H2,1-2H3,(H,25,28,29). The van der Waals surface area contributed by atoms with Crippen LogP contribution in [0.3, 0.4) is 0 Å². The Labute approximate surface area is 175 Å². The molecule has 2 aromatic carbocycles. The number of hydrogen-bond acceptors (Lipinski definition) is 5. The summed E-state index contributed by atoms with van der Waals surface area (Å²) in [5.41, 5.74) is 1.13. The van der Waals surface area contributed by atoms with E-state index in [0.29, 0.717) is 22.7 Å². The number of aryl methyl sites for hydroxylation is 2. The van der Waals surface area contributed by atoms with Gasteiger partial charge in [-0.1, -0.05) is 18.5 Å². The zero-order valence-electron chi connectivity index (χ0n) is 16.1. The molecule has 0 radical (unpaired) electrons. The van der Waals surface area contributed by atoms with Crippen molar-refractivity contribution in [1.82, 2.24) is 19.7 Å². The van der Waals surface area contributed by atoms with E-state index in [2.05, 4.69) is 22.0 Å². The van der Waals surface area contributed by atoms with Crippen molar-refractivity contribution in [2.75, 3.05) is 0 Å². The first-order valence-corrected chi connectivity index (χ1v) is 9.51. The van der Waals surface area contributed by atoms with Gasteiger partial charge in [-0.25, -0.2) is 4.79 Å². The highest BCUT2D eigenvalue weighted by Crippen LogP contribution is 2.35. The number of halogens is 1. The third kappa shape index (κ3) is 3.36. The SMILES string of the molecule is CCc1c[nH]c2ccc(Oc3c(C)cc(-n4nc(C#N)c(=O)[nH]c4=O)cc3Cl)cc12. The largest absolute Gasteiger partial charge is 0.456 e.